The summed E-state index contributed by atoms with van der Waals surface area (Å²) in [5, 5.41) is 10.6. The van der Waals surface area contributed by atoms with E-state index in [9.17, 15) is 5.11 Å². The molecule has 1 aromatic rings. The van der Waals surface area contributed by atoms with Crippen LogP contribution in [0.1, 0.15) is 20.8 Å². The second-order valence-corrected chi connectivity index (χ2v) is 7.77. The normalized spacial score (nSPS) is 44.3. The lowest BCUT2D eigenvalue weighted by molar-refractivity contribution is -0.467. The molecule has 140 valence electrons. The Morgan fingerprint density at radius 1 is 1.00 bits per heavy atom. The van der Waals surface area contributed by atoms with Gasteiger partial charge in [0.05, 0.1) is 6.10 Å². The van der Waals surface area contributed by atoms with E-state index in [2.05, 4.69) is 0 Å². The molecule has 7 heteroatoms. The van der Waals surface area contributed by atoms with Gasteiger partial charge in [-0.05, 0) is 32.9 Å². The zero-order valence-electron chi connectivity index (χ0n) is 15.2. The van der Waals surface area contributed by atoms with Gasteiger partial charge in [0.25, 0.3) is 0 Å². The third-order valence-corrected chi connectivity index (χ3v) is 6.24. The SMILES string of the molecule is CO[C@@]1(C)O[C@@H]2[C@H](O)[C@H](C)O[C@H](Sc3ccccc3)[C@H]2O[C@]1(C)OC. The van der Waals surface area contributed by atoms with E-state index in [0.29, 0.717) is 0 Å². The van der Waals surface area contributed by atoms with Gasteiger partial charge in [-0.2, -0.15) is 0 Å². The van der Waals surface area contributed by atoms with Crippen molar-refractivity contribution < 1.29 is 28.8 Å². The summed E-state index contributed by atoms with van der Waals surface area (Å²) in [6.45, 7) is 5.34. The lowest BCUT2D eigenvalue weighted by Crippen LogP contribution is -2.71. The van der Waals surface area contributed by atoms with E-state index in [4.69, 9.17) is 23.7 Å². The summed E-state index contributed by atoms with van der Waals surface area (Å²) in [5.74, 6) is -2.29. The highest BCUT2D eigenvalue weighted by atomic mass is 32.2. The van der Waals surface area contributed by atoms with Crippen molar-refractivity contribution in [1.82, 2.24) is 0 Å². The molecule has 0 radical (unpaired) electrons. The molecular formula is C18H26O6S. The van der Waals surface area contributed by atoms with Gasteiger partial charge in [-0.15, -0.1) is 0 Å². The van der Waals surface area contributed by atoms with Crippen LogP contribution in [0, 0.1) is 0 Å². The molecule has 6 nitrogen and oxygen atoms in total. The Labute approximate surface area is 152 Å². The number of aliphatic hydroxyl groups excluding tert-OH is 1. The number of hydrogen-bond donors (Lipinski definition) is 1. The molecule has 0 unspecified atom stereocenters. The maximum atomic E-state index is 10.6. The first-order valence-electron chi connectivity index (χ1n) is 8.35. The number of fused-ring (bicyclic) bond motifs is 1. The number of thioether (sulfide) groups is 1. The van der Waals surface area contributed by atoms with Gasteiger partial charge in [0.2, 0.25) is 11.6 Å². The summed E-state index contributed by atoms with van der Waals surface area (Å²) in [5.41, 5.74) is -0.346. The van der Waals surface area contributed by atoms with Crippen molar-refractivity contribution in [2.75, 3.05) is 14.2 Å². The molecule has 1 aromatic carbocycles. The molecule has 0 spiro atoms. The zero-order chi connectivity index (χ0) is 18.2. The first kappa shape index (κ1) is 19.1. The van der Waals surface area contributed by atoms with Crippen molar-refractivity contribution in [2.45, 2.75) is 67.1 Å². The van der Waals surface area contributed by atoms with Crippen LogP contribution in [-0.2, 0) is 23.7 Å². The van der Waals surface area contributed by atoms with Crippen LogP contribution in [0.5, 0.6) is 0 Å². The summed E-state index contributed by atoms with van der Waals surface area (Å²) in [4.78, 5) is 1.05. The third-order valence-electron chi connectivity index (χ3n) is 5.08. The first-order valence-corrected chi connectivity index (χ1v) is 9.22. The quantitative estimate of drug-likeness (QED) is 0.873. The number of methoxy groups -OCH3 is 2. The molecule has 3 rings (SSSR count). The third kappa shape index (κ3) is 3.35. The molecule has 0 saturated carbocycles. The molecule has 2 aliphatic rings. The standard InChI is InChI=1S/C18H26O6S/c1-11-13(19)14-15(16(22-11)25-12-9-7-6-8-10-12)24-18(3,21-5)17(2,20-4)23-14/h6-11,13-16,19H,1-5H3/t11-,13+,14+,15-,16+,17-,18-/m0/s1. The maximum absolute atomic E-state index is 10.6. The van der Waals surface area contributed by atoms with Gasteiger partial charge in [-0.1, -0.05) is 30.0 Å². The number of benzene rings is 1. The monoisotopic (exact) mass is 370 g/mol. The first-order chi connectivity index (χ1) is 11.8. The summed E-state index contributed by atoms with van der Waals surface area (Å²) in [6.07, 6.45) is -2.31. The predicted molar refractivity (Wildman–Crippen MR) is 93.2 cm³/mol. The molecule has 2 fully saturated rings. The molecule has 2 heterocycles. The van der Waals surface area contributed by atoms with Crippen LogP contribution in [0.25, 0.3) is 0 Å². The van der Waals surface area contributed by atoms with E-state index < -0.39 is 29.9 Å². The Hall–Kier alpha value is -0.670. The molecule has 1 N–H and O–H groups in total. The number of ether oxygens (including phenoxy) is 5. The summed E-state index contributed by atoms with van der Waals surface area (Å²) >= 11 is 1.54. The van der Waals surface area contributed by atoms with Gasteiger partial charge in [0, 0.05) is 19.1 Å². The van der Waals surface area contributed by atoms with Crippen molar-refractivity contribution in [3.05, 3.63) is 30.3 Å². The number of aliphatic hydroxyl groups is 1. The molecule has 0 bridgehead atoms. The van der Waals surface area contributed by atoms with E-state index >= 15 is 0 Å². The molecule has 0 aromatic heterocycles. The highest BCUT2D eigenvalue weighted by Crippen LogP contribution is 2.46. The molecular weight excluding hydrogens is 344 g/mol. The van der Waals surface area contributed by atoms with Crippen LogP contribution in [0.15, 0.2) is 35.2 Å². The van der Waals surface area contributed by atoms with Crippen LogP contribution < -0.4 is 0 Å². The van der Waals surface area contributed by atoms with Crippen LogP contribution >= 0.6 is 11.8 Å². The number of rotatable bonds is 4. The fourth-order valence-electron chi connectivity index (χ4n) is 3.17. The molecule has 0 amide bonds. The topological polar surface area (TPSA) is 66.4 Å². The average molecular weight is 370 g/mol. The average Bonchev–Trinajstić information content (AvgIpc) is 2.62. The van der Waals surface area contributed by atoms with Gasteiger partial charge in [-0.25, -0.2) is 0 Å². The van der Waals surface area contributed by atoms with E-state index in [1.807, 2.05) is 37.3 Å². The van der Waals surface area contributed by atoms with Crippen molar-refractivity contribution in [3.8, 4) is 0 Å². The molecule has 2 aliphatic heterocycles. The van der Waals surface area contributed by atoms with Crippen LogP contribution in [0.4, 0.5) is 0 Å². The van der Waals surface area contributed by atoms with Gasteiger partial charge < -0.3 is 28.8 Å². The summed E-state index contributed by atoms with van der Waals surface area (Å²) < 4.78 is 29.6. The fourth-order valence-corrected chi connectivity index (χ4v) is 4.33. The van der Waals surface area contributed by atoms with Gasteiger partial charge in [0.15, 0.2) is 0 Å². The lowest BCUT2D eigenvalue weighted by atomic mass is 9.96. The Morgan fingerprint density at radius 2 is 1.56 bits per heavy atom. The predicted octanol–water partition coefficient (Wildman–Crippen LogP) is 2.39. The highest BCUT2D eigenvalue weighted by molar-refractivity contribution is 7.99. The lowest BCUT2D eigenvalue weighted by Gasteiger charge is -2.56. The minimum atomic E-state index is -1.15. The van der Waals surface area contributed by atoms with Crippen molar-refractivity contribution >= 4 is 11.8 Å². The molecule has 2 saturated heterocycles. The molecule has 0 aliphatic carbocycles. The van der Waals surface area contributed by atoms with E-state index in [-0.39, 0.29) is 11.5 Å². The van der Waals surface area contributed by atoms with Gasteiger partial charge >= 0.3 is 0 Å². The van der Waals surface area contributed by atoms with Crippen LogP contribution in [-0.4, -0.2) is 60.8 Å². The second-order valence-electron chi connectivity index (χ2n) is 6.60. The van der Waals surface area contributed by atoms with Gasteiger partial charge in [0.1, 0.15) is 23.7 Å². The zero-order valence-corrected chi connectivity index (χ0v) is 16.0. The molecule has 25 heavy (non-hydrogen) atoms. The smallest absolute Gasteiger partial charge is 0.220 e. The Morgan fingerprint density at radius 3 is 2.12 bits per heavy atom. The fraction of sp³-hybridized carbons (Fsp3) is 0.667. The summed E-state index contributed by atoms with van der Waals surface area (Å²) in [6, 6.07) is 9.93. The number of hydrogen-bond acceptors (Lipinski definition) is 7. The Bertz CT molecular complexity index is 586. The Kier molecular flexibility index (Phi) is 5.46. The highest BCUT2D eigenvalue weighted by Gasteiger charge is 2.61. The molecule has 7 atom stereocenters. The van der Waals surface area contributed by atoms with E-state index in [1.165, 1.54) is 7.11 Å². The van der Waals surface area contributed by atoms with Crippen molar-refractivity contribution in [3.63, 3.8) is 0 Å². The minimum Gasteiger partial charge on any atom is -0.388 e. The minimum absolute atomic E-state index is 0.346. The largest absolute Gasteiger partial charge is 0.388 e. The van der Waals surface area contributed by atoms with E-state index in [1.54, 1.807) is 32.7 Å². The Balaban J connectivity index is 1.90. The van der Waals surface area contributed by atoms with Crippen molar-refractivity contribution in [1.29, 1.82) is 0 Å². The van der Waals surface area contributed by atoms with Crippen molar-refractivity contribution in [2.24, 2.45) is 0 Å². The maximum Gasteiger partial charge on any atom is 0.220 e. The van der Waals surface area contributed by atoms with Crippen LogP contribution in [0.3, 0.4) is 0 Å². The second kappa shape index (κ2) is 7.15. The van der Waals surface area contributed by atoms with E-state index in [0.717, 1.165) is 4.90 Å². The van der Waals surface area contributed by atoms with Gasteiger partial charge in [-0.3, -0.25) is 0 Å². The summed E-state index contributed by atoms with van der Waals surface area (Å²) in [7, 11) is 3.08. The van der Waals surface area contributed by atoms with Crippen LogP contribution in [0.2, 0.25) is 0 Å².